The van der Waals surface area contributed by atoms with Gasteiger partial charge >= 0.3 is 5.97 Å². The molecule has 2 aliphatic heterocycles. The Bertz CT molecular complexity index is 5400. The molecule has 0 spiro atoms. The smallest absolute Gasteiger partial charge is 0.314 e. The second-order valence-electron chi connectivity index (χ2n) is 21.5. The number of carbonyl (C=O) groups excluding carboxylic acids is 3. The maximum Gasteiger partial charge on any atom is 0.314 e. The summed E-state index contributed by atoms with van der Waals surface area (Å²) in [5.41, 5.74) is 7.26. The lowest BCUT2D eigenvalue weighted by Gasteiger charge is -2.23. The van der Waals surface area contributed by atoms with Gasteiger partial charge in [-0.1, -0.05) is 12.1 Å². The van der Waals surface area contributed by atoms with Gasteiger partial charge in [0.2, 0.25) is 31.5 Å². The minimum atomic E-state index is -3.75. The maximum atomic E-state index is 14.7. The van der Waals surface area contributed by atoms with E-state index < -0.39 is 31.9 Å². The largest absolute Gasteiger partial charge is 0.481 e. The second-order valence-corrected chi connectivity index (χ2v) is 25.8. The molecule has 4 aromatic carbocycles. The highest BCUT2D eigenvalue weighted by atomic mass is 79.9. The quantitative estimate of drug-likeness (QED) is 0.108. The number of ether oxygens (including phenoxy) is 3. The van der Waals surface area contributed by atoms with Crippen molar-refractivity contribution in [3.63, 3.8) is 0 Å². The van der Waals surface area contributed by atoms with Crippen molar-refractivity contribution in [2.24, 2.45) is 0 Å². The van der Waals surface area contributed by atoms with Crippen molar-refractivity contribution >= 4 is 109 Å². The predicted molar refractivity (Wildman–Crippen MR) is 352 cm³/mol. The monoisotopic (exact) mass is 1380 g/mol. The topological polar surface area (TPSA) is 295 Å². The number of nitrogens with zero attached hydrogens (tertiary/aromatic N) is 7. The van der Waals surface area contributed by atoms with E-state index in [2.05, 4.69) is 40.7 Å². The minimum Gasteiger partial charge on any atom is -0.481 e. The summed E-state index contributed by atoms with van der Waals surface area (Å²) in [5.74, 6) is -0.0993. The number of hydrogen-bond donors (Lipinski definition) is 3. The van der Waals surface area contributed by atoms with Crippen LogP contribution in [0.15, 0.2) is 147 Å². The van der Waals surface area contributed by atoms with Crippen LogP contribution in [0.4, 0.5) is 20.2 Å². The molecule has 14 rings (SSSR count). The second kappa shape index (κ2) is 24.6. The first-order valence-electron chi connectivity index (χ1n) is 28.3. The maximum absolute atomic E-state index is 14.7. The molecule has 10 heterocycles. The Morgan fingerprint density at radius 3 is 1.49 bits per heavy atom. The number of methoxy groups -OCH3 is 1. The summed E-state index contributed by atoms with van der Waals surface area (Å²) < 4.78 is 120. The fourth-order valence-electron chi connectivity index (χ4n) is 11.1. The number of fused-ring (bicyclic) bond motifs is 12. The third-order valence-corrected chi connectivity index (χ3v) is 18.6. The van der Waals surface area contributed by atoms with Crippen LogP contribution in [-0.2, 0) is 42.1 Å². The number of sulfonamides is 2. The van der Waals surface area contributed by atoms with Gasteiger partial charge < -0.3 is 51.6 Å². The number of hydrogen-bond acceptors (Lipinski definition) is 17. The van der Waals surface area contributed by atoms with Gasteiger partial charge in [-0.05, 0) is 84.9 Å². The number of nitrogens with one attached hydrogen (secondary N) is 3. The molecular weight excluding hydrogens is 1330 g/mol. The van der Waals surface area contributed by atoms with Gasteiger partial charge in [0.25, 0.3) is 11.8 Å². The average molecular weight is 1380 g/mol. The Morgan fingerprint density at radius 1 is 0.638 bits per heavy atom. The molecule has 0 unspecified atom stereocenters. The molecular formula is C65H53BrF2N10O14S2. The standard InChI is InChI=1S/C32H26FN5O6S.C31H24FN5O6S.C2H3BrO2/c1-34-32(39)29-20-12-19(22-9-10-26-30(36-22)25-13-18-21(33)6-5-7-23(18)38(25)16-43-26)24(37(2)45(4,40)41)14-27(20)44-31(29)17-8-11-28(42-3)35-15-17;1-33-31(39)28-19-11-18(23(36(2)44(3,40)41)13-26(19)43-30(28)16-7-10-27(38)34-14-16)21-8-9-25-29(35-21)24-12-17-20(32)5-4-6-22(17)37(24)15-42-25;1-2(4)5-3/h5-15H,16H2,1-4H3,(H,34,39);4-14H,15H2,1-3H3,(H,33,39)(H,34,38);1H3. The molecule has 24 nitrogen and oxygen atoms in total. The van der Waals surface area contributed by atoms with Crippen LogP contribution < -0.4 is 39.0 Å². The van der Waals surface area contributed by atoms with E-state index in [-0.39, 0.29) is 81.8 Å². The van der Waals surface area contributed by atoms with Gasteiger partial charge in [0, 0.05) is 116 Å². The van der Waals surface area contributed by atoms with Crippen molar-refractivity contribution in [2.45, 2.75) is 20.4 Å². The number of aromatic nitrogens is 6. The van der Waals surface area contributed by atoms with Crippen LogP contribution in [0.5, 0.6) is 17.4 Å². The molecule has 12 aromatic rings. The molecule has 0 saturated heterocycles. The van der Waals surface area contributed by atoms with Crippen LogP contribution in [0.1, 0.15) is 27.6 Å². The number of benzene rings is 4. The molecule has 0 fully saturated rings. The van der Waals surface area contributed by atoms with Crippen LogP contribution in [0.3, 0.4) is 0 Å². The first kappa shape index (κ1) is 63.2. The number of pyridine rings is 4. The van der Waals surface area contributed by atoms with Gasteiger partial charge in [-0.2, -0.15) is 0 Å². The predicted octanol–water partition coefficient (Wildman–Crippen LogP) is 11.0. The Balaban J connectivity index is 0.000000168. The van der Waals surface area contributed by atoms with Crippen LogP contribution in [-0.4, -0.2) is 112 Å². The van der Waals surface area contributed by atoms with Gasteiger partial charge in [0.15, 0.2) is 29.7 Å². The van der Waals surface area contributed by atoms with Crippen molar-refractivity contribution in [3.8, 4) is 85.3 Å². The van der Waals surface area contributed by atoms with Gasteiger partial charge in [-0.15, -0.1) is 0 Å². The summed E-state index contributed by atoms with van der Waals surface area (Å²) in [5, 5.41) is 6.99. The molecule has 0 aliphatic carbocycles. The summed E-state index contributed by atoms with van der Waals surface area (Å²) in [7, 11) is -0.153. The van der Waals surface area contributed by atoms with Crippen LogP contribution in [0.25, 0.3) is 112 Å². The minimum absolute atomic E-state index is 0.169. The summed E-state index contributed by atoms with van der Waals surface area (Å²) in [6.45, 7) is 1.66. The molecule has 480 valence electrons. The Morgan fingerprint density at radius 2 is 1.10 bits per heavy atom. The first-order chi connectivity index (χ1) is 44.9. The molecule has 94 heavy (non-hydrogen) atoms. The zero-order valence-corrected chi connectivity index (χ0v) is 54.1. The molecule has 0 bridgehead atoms. The van der Waals surface area contributed by atoms with E-state index in [1.807, 2.05) is 15.2 Å². The lowest BCUT2D eigenvalue weighted by atomic mass is 10.0. The van der Waals surface area contributed by atoms with Crippen LogP contribution >= 0.6 is 16.3 Å². The molecule has 2 amide bonds. The van der Waals surface area contributed by atoms with E-state index in [1.54, 1.807) is 84.9 Å². The van der Waals surface area contributed by atoms with Gasteiger partial charge in [-0.3, -0.25) is 27.8 Å². The molecule has 0 radical (unpaired) electrons. The Kier molecular flexibility index (Phi) is 16.6. The molecule has 0 atom stereocenters. The summed E-state index contributed by atoms with van der Waals surface area (Å²) in [4.78, 5) is 64.4. The highest BCUT2D eigenvalue weighted by molar-refractivity contribution is 9.06. The van der Waals surface area contributed by atoms with Crippen molar-refractivity contribution in [3.05, 3.63) is 167 Å². The zero-order chi connectivity index (χ0) is 66.8. The van der Waals surface area contributed by atoms with E-state index >= 15 is 0 Å². The highest BCUT2D eigenvalue weighted by Crippen LogP contribution is 2.47. The van der Waals surface area contributed by atoms with E-state index in [4.69, 9.17) is 33.0 Å². The molecule has 29 heteroatoms. The van der Waals surface area contributed by atoms with Crippen molar-refractivity contribution < 1.29 is 66.9 Å². The fraction of sp³-hybridized carbons (Fsp3) is 0.154. The zero-order valence-electron chi connectivity index (χ0n) is 50.9. The van der Waals surface area contributed by atoms with E-state index in [1.165, 1.54) is 84.9 Å². The lowest BCUT2D eigenvalue weighted by Crippen LogP contribution is -2.25. The third kappa shape index (κ3) is 11.5. The third-order valence-electron chi connectivity index (χ3n) is 15.8. The number of halogens is 3. The Labute approximate surface area is 541 Å². The summed E-state index contributed by atoms with van der Waals surface area (Å²) in [6, 6.07) is 32.6. The number of carbonyl (C=O) groups is 3. The summed E-state index contributed by atoms with van der Waals surface area (Å²) >= 11 is 2.46. The van der Waals surface area contributed by atoms with Crippen molar-refractivity contribution in [2.75, 3.05) is 56.4 Å². The van der Waals surface area contributed by atoms with E-state index in [0.717, 1.165) is 21.1 Å². The molecule has 2 aliphatic rings. The number of amides is 2. The van der Waals surface area contributed by atoms with Gasteiger partial charge in [0.1, 0.15) is 57.2 Å². The number of anilines is 2. The van der Waals surface area contributed by atoms with Crippen LogP contribution in [0, 0.1) is 11.6 Å². The fourth-order valence-corrected chi connectivity index (χ4v) is 12.1. The number of aromatic amines is 1. The van der Waals surface area contributed by atoms with Crippen molar-refractivity contribution in [1.82, 2.24) is 39.7 Å². The van der Waals surface area contributed by atoms with Gasteiger partial charge in [-0.25, -0.2) is 40.6 Å². The van der Waals surface area contributed by atoms with Crippen LogP contribution in [0.2, 0.25) is 0 Å². The van der Waals surface area contributed by atoms with E-state index in [9.17, 15) is 44.8 Å². The van der Waals surface area contributed by atoms with Gasteiger partial charge in [0.05, 0.1) is 75.9 Å². The number of furan rings is 2. The summed E-state index contributed by atoms with van der Waals surface area (Å²) in [6.07, 6.45) is 5.13. The van der Waals surface area contributed by atoms with E-state index in [0.29, 0.717) is 106 Å². The number of H-pyrrole nitrogens is 1. The molecule has 3 N–H and O–H groups in total. The average Bonchev–Trinajstić information content (AvgIpc) is 1.54. The Hall–Kier alpha value is -10.9. The lowest BCUT2D eigenvalue weighted by molar-refractivity contribution is -0.129. The van der Waals surface area contributed by atoms with Crippen molar-refractivity contribution in [1.29, 1.82) is 0 Å². The highest BCUT2D eigenvalue weighted by Gasteiger charge is 2.32. The normalized spacial score (nSPS) is 12.2. The number of rotatable bonds is 11. The molecule has 8 aromatic heterocycles. The SMILES string of the molecule is CC(=O)OBr.CNC(=O)c1c(-c2ccc(=O)[nH]c2)oc2cc(N(C)S(C)(=O)=O)c(-c3ccc4c(n3)-c3cc5c(F)cccc5n3CO4)cc12.CNC(=O)c1c(-c2ccc(OC)nc2)oc2cc(N(C)S(C)(=O)=O)c(-c3ccc4c(n3)-c3cc5c(F)cccc5n3CO4)cc12. The first-order valence-corrected chi connectivity index (χ1v) is 32.6. The molecule has 0 saturated carbocycles.